The van der Waals surface area contributed by atoms with Crippen LogP contribution in [0, 0.1) is 0 Å². The van der Waals surface area contributed by atoms with E-state index >= 15 is 0 Å². The first kappa shape index (κ1) is 16.3. The lowest BCUT2D eigenvalue weighted by Crippen LogP contribution is -2.44. The van der Waals surface area contributed by atoms with Gasteiger partial charge in [0.1, 0.15) is 11.4 Å². The molecule has 0 aliphatic carbocycles. The first-order valence-corrected chi connectivity index (χ1v) is 7.47. The predicted octanol–water partition coefficient (Wildman–Crippen LogP) is 3.34. The summed E-state index contributed by atoms with van der Waals surface area (Å²) in [7, 11) is 1.62. The van der Waals surface area contributed by atoms with Crippen LogP contribution in [-0.4, -0.2) is 36.2 Å². The number of hydrogen-bond acceptors (Lipinski definition) is 4. The number of amides is 2. The van der Waals surface area contributed by atoms with Gasteiger partial charge in [0.25, 0.3) is 0 Å². The Morgan fingerprint density at radius 2 is 2.05 bits per heavy atom. The van der Waals surface area contributed by atoms with Crippen molar-refractivity contribution in [2.24, 2.45) is 0 Å². The fourth-order valence-electron chi connectivity index (χ4n) is 2.52. The van der Waals surface area contributed by atoms with Gasteiger partial charge in [0.15, 0.2) is 0 Å². The minimum Gasteiger partial charge on any atom is -0.497 e. The molecule has 0 bridgehead atoms. The van der Waals surface area contributed by atoms with Crippen LogP contribution < -0.4 is 4.74 Å². The van der Waals surface area contributed by atoms with Gasteiger partial charge >= 0.3 is 6.09 Å². The molecule has 0 spiro atoms. The van der Waals surface area contributed by atoms with Crippen molar-refractivity contribution in [3.63, 3.8) is 0 Å². The summed E-state index contributed by atoms with van der Waals surface area (Å²) in [5.41, 5.74) is 0.470. The zero-order valence-corrected chi connectivity index (χ0v) is 13.6. The number of hydrogen-bond donors (Lipinski definition) is 0. The molecule has 0 N–H and O–H groups in total. The van der Waals surface area contributed by atoms with Crippen LogP contribution in [0.2, 0.25) is 0 Å². The Morgan fingerprint density at radius 1 is 1.32 bits per heavy atom. The second-order valence-corrected chi connectivity index (χ2v) is 6.49. The number of methoxy groups -OCH3 is 1. The fourth-order valence-corrected chi connectivity index (χ4v) is 2.52. The Kier molecular flexibility index (Phi) is 4.74. The third kappa shape index (κ3) is 4.00. The average molecular weight is 305 g/mol. The van der Waals surface area contributed by atoms with Crippen LogP contribution in [0.4, 0.5) is 4.79 Å². The number of carbonyl (C=O) groups excluding carboxylic acids is 2. The molecule has 1 fully saturated rings. The van der Waals surface area contributed by atoms with E-state index in [2.05, 4.69) is 0 Å². The molecular weight excluding hydrogens is 282 g/mol. The van der Waals surface area contributed by atoms with Crippen LogP contribution in [0.5, 0.6) is 5.75 Å². The number of likely N-dealkylation sites (tertiary alicyclic amines) is 1. The molecule has 120 valence electrons. The van der Waals surface area contributed by atoms with E-state index in [0.717, 1.165) is 17.7 Å². The van der Waals surface area contributed by atoms with Crippen molar-refractivity contribution in [1.82, 2.24) is 4.90 Å². The second kappa shape index (κ2) is 6.38. The zero-order chi connectivity index (χ0) is 16.3. The Hall–Kier alpha value is -2.04. The van der Waals surface area contributed by atoms with Gasteiger partial charge in [-0.05, 0) is 50.8 Å². The minimum absolute atomic E-state index is 0.112. The van der Waals surface area contributed by atoms with Crippen molar-refractivity contribution >= 4 is 12.0 Å². The number of piperidine rings is 1. The minimum atomic E-state index is -0.596. The number of benzene rings is 1. The van der Waals surface area contributed by atoms with Gasteiger partial charge in [0.2, 0.25) is 5.91 Å². The molecule has 1 unspecified atom stereocenters. The maximum Gasteiger partial charge on any atom is 0.417 e. The molecule has 1 aromatic carbocycles. The molecule has 0 radical (unpaired) electrons. The van der Waals surface area contributed by atoms with E-state index in [9.17, 15) is 9.59 Å². The van der Waals surface area contributed by atoms with Gasteiger partial charge in [-0.25, -0.2) is 9.69 Å². The molecule has 1 aliphatic heterocycles. The maximum atomic E-state index is 12.3. The molecular formula is C17H23NO4. The van der Waals surface area contributed by atoms with E-state index in [-0.39, 0.29) is 11.8 Å². The highest BCUT2D eigenvalue weighted by Gasteiger charge is 2.33. The normalized spacial score (nSPS) is 19.0. The number of ether oxygens (including phenoxy) is 2. The maximum absolute atomic E-state index is 12.3. The third-order valence-corrected chi connectivity index (χ3v) is 3.60. The van der Waals surface area contributed by atoms with Gasteiger partial charge in [-0.1, -0.05) is 12.1 Å². The largest absolute Gasteiger partial charge is 0.497 e. The molecule has 0 aromatic heterocycles. The SMILES string of the molecule is COc1cccc(C2CCN(C(=O)OC(C)(C)C)C(=O)C2)c1. The number of nitrogens with zero attached hydrogens (tertiary/aromatic N) is 1. The number of imide groups is 1. The molecule has 1 aromatic rings. The summed E-state index contributed by atoms with van der Waals surface area (Å²) >= 11 is 0. The van der Waals surface area contributed by atoms with Crippen molar-refractivity contribution < 1.29 is 19.1 Å². The average Bonchev–Trinajstić information content (AvgIpc) is 2.45. The molecule has 1 saturated heterocycles. The van der Waals surface area contributed by atoms with Crippen molar-refractivity contribution in [3.05, 3.63) is 29.8 Å². The molecule has 1 aliphatic rings. The zero-order valence-electron chi connectivity index (χ0n) is 13.6. The van der Waals surface area contributed by atoms with Crippen molar-refractivity contribution in [2.75, 3.05) is 13.7 Å². The van der Waals surface area contributed by atoms with Crippen molar-refractivity contribution in [3.8, 4) is 5.75 Å². The number of rotatable bonds is 2. The molecule has 5 nitrogen and oxygen atoms in total. The second-order valence-electron chi connectivity index (χ2n) is 6.49. The summed E-state index contributed by atoms with van der Waals surface area (Å²) < 4.78 is 10.5. The van der Waals surface area contributed by atoms with Crippen LogP contribution >= 0.6 is 0 Å². The van der Waals surface area contributed by atoms with E-state index in [4.69, 9.17) is 9.47 Å². The molecule has 1 heterocycles. The van der Waals surface area contributed by atoms with Crippen LogP contribution in [0.3, 0.4) is 0 Å². The molecule has 1 atom stereocenters. The van der Waals surface area contributed by atoms with Gasteiger partial charge in [-0.15, -0.1) is 0 Å². The van der Waals surface area contributed by atoms with Crippen LogP contribution in [-0.2, 0) is 9.53 Å². The summed E-state index contributed by atoms with van der Waals surface area (Å²) in [6, 6.07) is 7.73. The van der Waals surface area contributed by atoms with Crippen molar-refractivity contribution in [2.45, 2.75) is 45.1 Å². The summed E-state index contributed by atoms with van der Waals surface area (Å²) in [6.45, 7) is 5.75. The lowest BCUT2D eigenvalue weighted by atomic mass is 9.89. The summed E-state index contributed by atoms with van der Waals surface area (Å²) in [5.74, 6) is 0.703. The van der Waals surface area contributed by atoms with Gasteiger partial charge < -0.3 is 9.47 Å². The highest BCUT2D eigenvalue weighted by molar-refractivity contribution is 5.93. The highest BCUT2D eigenvalue weighted by atomic mass is 16.6. The smallest absolute Gasteiger partial charge is 0.417 e. The first-order chi connectivity index (χ1) is 10.3. The Balaban J connectivity index is 2.03. The van der Waals surface area contributed by atoms with Gasteiger partial charge in [-0.3, -0.25) is 4.79 Å². The Labute approximate surface area is 131 Å². The topological polar surface area (TPSA) is 55.8 Å². The first-order valence-electron chi connectivity index (χ1n) is 7.47. The van der Waals surface area contributed by atoms with Crippen LogP contribution in [0.15, 0.2) is 24.3 Å². The van der Waals surface area contributed by atoms with Crippen LogP contribution in [0.1, 0.15) is 45.1 Å². The Morgan fingerprint density at radius 3 is 2.64 bits per heavy atom. The standard InChI is InChI=1S/C17H23NO4/c1-17(2,3)22-16(20)18-9-8-13(11-15(18)19)12-6-5-7-14(10-12)21-4/h5-7,10,13H,8-9,11H2,1-4H3. The third-order valence-electron chi connectivity index (χ3n) is 3.60. The van der Waals surface area contributed by atoms with Crippen molar-refractivity contribution in [1.29, 1.82) is 0 Å². The van der Waals surface area contributed by atoms with Gasteiger partial charge in [0, 0.05) is 13.0 Å². The molecule has 5 heteroatoms. The highest BCUT2D eigenvalue weighted by Crippen LogP contribution is 2.31. The van der Waals surface area contributed by atoms with Gasteiger partial charge in [0.05, 0.1) is 7.11 Å². The van der Waals surface area contributed by atoms with E-state index in [1.54, 1.807) is 27.9 Å². The summed E-state index contributed by atoms with van der Waals surface area (Å²) in [4.78, 5) is 25.5. The molecule has 0 saturated carbocycles. The molecule has 2 rings (SSSR count). The lowest BCUT2D eigenvalue weighted by Gasteiger charge is -2.32. The molecule has 22 heavy (non-hydrogen) atoms. The van der Waals surface area contributed by atoms with E-state index in [1.807, 2.05) is 24.3 Å². The Bertz CT molecular complexity index is 562. The van der Waals surface area contributed by atoms with E-state index < -0.39 is 11.7 Å². The fraction of sp³-hybridized carbons (Fsp3) is 0.529. The monoisotopic (exact) mass is 305 g/mol. The quantitative estimate of drug-likeness (QED) is 0.841. The van der Waals surface area contributed by atoms with Gasteiger partial charge in [-0.2, -0.15) is 0 Å². The summed E-state index contributed by atoms with van der Waals surface area (Å²) in [5, 5.41) is 0. The lowest BCUT2D eigenvalue weighted by molar-refractivity contribution is -0.132. The number of carbonyl (C=O) groups is 2. The molecule has 2 amide bonds. The predicted molar refractivity (Wildman–Crippen MR) is 82.9 cm³/mol. The van der Waals surface area contributed by atoms with Crippen LogP contribution in [0.25, 0.3) is 0 Å². The summed E-state index contributed by atoms with van der Waals surface area (Å²) in [6.07, 6.45) is 0.492. The van der Waals surface area contributed by atoms with E-state index in [1.165, 1.54) is 4.90 Å². The van der Waals surface area contributed by atoms with E-state index in [0.29, 0.717) is 13.0 Å².